The van der Waals surface area contributed by atoms with Gasteiger partial charge in [-0.3, -0.25) is 0 Å². The Morgan fingerprint density at radius 1 is 1.37 bits per heavy atom. The van der Waals surface area contributed by atoms with E-state index in [1.807, 2.05) is 37.3 Å². The van der Waals surface area contributed by atoms with Crippen LogP contribution in [0.3, 0.4) is 0 Å². The predicted octanol–water partition coefficient (Wildman–Crippen LogP) is 4.44. The largest absolute Gasteiger partial charge is 0.490 e. The van der Waals surface area contributed by atoms with Crippen LogP contribution in [0.4, 0.5) is 0 Å². The maximum Gasteiger partial charge on any atom is 0.120 e. The molecule has 1 aliphatic carbocycles. The number of ether oxygens (including phenoxy) is 1. The van der Waals surface area contributed by atoms with Gasteiger partial charge in [0, 0.05) is 14.2 Å². The molecule has 0 amide bonds. The van der Waals surface area contributed by atoms with Crippen LogP contribution in [-0.2, 0) is 0 Å². The van der Waals surface area contributed by atoms with Gasteiger partial charge in [0.25, 0.3) is 0 Å². The molecule has 0 aliphatic heterocycles. The van der Waals surface area contributed by atoms with Crippen molar-refractivity contribution in [1.82, 2.24) is 0 Å². The first-order chi connectivity index (χ1) is 9.13. The number of thiophene rings is 1. The van der Waals surface area contributed by atoms with Gasteiger partial charge in [0.15, 0.2) is 0 Å². The minimum atomic E-state index is -0.585. The lowest BCUT2D eigenvalue weighted by atomic mass is 10.1. The summed E-state index contributed by atoms with van der Waals surface area (Å²) in [6.07, 6.45) is 2.08. The molecule has 0 saturated heterocycles. The van der Waals surface area contributed by atoms with E-state index in [9.17, 15) is 5.11 Å². The Balaban J connectivity index is 1.83. The average molecular weight is 339 g/mol. The maximum atomic E-state index is 10.4. The summed E-state index contributed by atoms with van der Waals surface area (Å²) in [7, 11) is 0. The van der Waals surface area contributed by atoms with Gasteiger partial charge in [-0.15, -0.1) is 11.3 Å². The van der Waals surface area contributed by atoms with E-state index < -0.39 is 6.10 Å². The van der Waals surface area contributed by atoms with Crippen LogP contribution in [0.15, 0.2) is 34.8 Å². The highest BCUT2D eigenvalue weighted by Gasteiger charge is 2.24. The van der Waals surface area contributed by atoms with E-state index in [-0.39, 0.29) is 0 Å². The van der Waals surface area contributed by atoms with Crippen molar-refractivity contribution < 1.29 is 9.84 Å². The van der Waals surface area contributed by atoms with E-state index in [2.05, 4.69) is 15.9 Å². The first-order valence-corrected chi connectivity index (χ1v) is 7.95. The van der Waals surface area contributed by atoms with Crippen molar-refractivity contribution in [3.05, 3.63) is 50.1 Å². The van der Waals surface area contributed by atoms with Crippen LogP contribution in [0.25, 0.3) is 0 Å². The van der Waals surface area contributed by atoms with Gasteiger partial charge in [-0.2, -0.15) is 0 Å². The lowest BCUT2D eigenvalue weighted by Crippen LogP contribution is -2.00. The Kier molecular flexibility index (Phi) is 3.65. The van der Waals surface area contributed by atoms with Crippen molar-refractivity contribution in [2.45, 2.75) is 32.0 Å². The fourth-order valence-electron chi connectivity index (χ4n) is 1.92. The molecule has 3 rings (SSSR count). The molecule has 2 nitrogen and oxygen atoms in total. The molecule has 1 aromatic carbocycles. The van der Waals surface area contributed by atoms with Crippen LogP contribution in [-0.4, -0.2) is 11.2 Å². The third-order valence-electron chi connectivity index (χ3n) is 3.15. The summed E-state index contributed by atoms with van der Waals surface area (Å²) >= 11 is 5.10. The number of aryl methyl sites for hydroxylation is 1. The molecule has 0 radical (unpaired) electrons. The zero-order valence-corrected chi connectivity index (χ0v) is 13.0. The Bertz CT molecular complexity index is 570. The van der Waals surface area contributed by atoms with Crippen molar-refractivity contribution in [3.63, 3.8) is 0 Å². The molecule has 1 aliphatic rings. The number of aliphatic hydroxyl groups excluding tert-OH is 1. The van der Waals surface area contributed by atoms with Crippen LogP contribution in [0.1, 0.15) is 34.3 Å². The maximum absolute atomic E-state index is 10.4. The molecular weight excluding hydrogens is 324 g/mol. The topological polar surface area (TPSA) is 29.5 Å². The second-order valence-corrected chi connectivity index (χ2v) is 6.99. The summed E-state index contributed by atoms with van der Waals surface area (Å²) in [5.74, 6) is 0.853. The Hall–Kier alpha value is -0.840. The summed E-state index contributed by atoms with van der Waals surface area (Å²) < 4.78 is 6.82. The van der Waals surface area contributed by atoms with Gasteiger partial charge in [-0.1, -0.05) is 12.1 Å². The van der Waals surface area contributed by atoms with E-state index in [1.54, 1.807) is 11.3 Å². The summed E-state index contributed by atoms with van der Waals surface area (Å²) in [6.45, 7) is 2.04. The number of benzene rings is 1. The van der Waals surface area contributed by atoms with Crippen molar-refractivity contribution in [2.75, 3.05) is 0 Å². The molecule has 0 bridgehead atoms. The number of aliphatic hydroxyl groups is 1. The standard InChI is InChI=1S/C15H15BrO2S/c1-9-13(16)8-14(19-9)15(17)10-3-2-4-12(7-10)18-11-5-6-11/h2-4,7-8,11,15,17H,5-6H2,1H3. The molecule has 2 aromatic rings. The van der Waals surface area contributed by atoms with Crippen molar-refractivity contribution >= 4 is 27.3 Å². The predicted molar refractivity (Wildman–Crippen MR) is 80.9 cm³/mol. The first-order valence-electron chi connectivity index (χ1n) is 6.34. The van der Waals surface area contributed by atoms with Gasteiger partial charge in [-0.05, 0) is 59.5 Å². The minimum Gasteiger partial charge on any atom is -0.490 e. The lowest BCUT2D eigenvalue weighted by molar-refractivity contribution is 0.223. The molecular formula is C15H15BrO2S. The second-order valence-electron chi connectivity index (χ2n) is 4.85. The number of hydrogen-bond donors (Lipinski definition) is 1. The van der Waals surface area contributed by atoms with E-state index in [1.165, 1.54) is 4.88 Å². The van der Waals surface area contributed by atoms with E-state index in [4.69, 9.17) is 4.74 Å². The molecule has 1 aromatic heterocycles. The zero-order valence-electron chi connectivity index (χ0n) is 10.6. The third kappa shape index (κ3) is 3.02. The molecule has 1 fully saturated rings. The summed E-state index contributed by atoms with van der Waals surface area (Å²) in [6, 6.07) is 9.74. The van der Waals surface area contributed by atoms with Crippen LogP contribution in [0, 0.1) is 6.92 Å². The van der Waals surface area contributed by atoms with Gasteiger partial charge in [0.1, 0.15) is 11.9 Å². The van der Waals surface area contributed by atoms with Crippen molar-refractivity contribution in [2.24, 2.45) is 0 Å². The highest BCUT2D eigenvalue weighted by atomic mass is 79.9. The quantitative estimate of drug-likeness (QED) is 0.892. The molecule has 19 heavy (non-hydrogen) atoms. The Morgan fingerprint density at radius 2 is 2.16 bits per heavy atom. The zero-order chi connectivity index (χ0) is 13.4. The van der Waals surface area contributed by atoms with Gasteiger partial charge in [-0.25, -0.2) is 0 Å². The normalized spacial score (nSPS) is 16.4. The molecule has 1 unspecified atom stereocenters. The fraction of sp³-hybridized carbons (Fsp3) is 0.333. The summed E-state index contributed by atoms with van der Waals surface area (Å²) in [4.78, 5) is 2.13. The van der Waals surface area contributed by atoms with Gasteiger partial charge in [0.05, 0.1) is 6.10 Å². The highest BCUT2D eigenvalue weighted by molar-refractivity contribution is 9.10. The van der Waals surface area contributed by atoms with Crippen LogP contribution < -0.4 is 4.74 Å². The van der Waals surface area contributed by atoms with Crippen LogP contribution in [0.5, 0.6) is 5.75 Å². The Morgan fingerprint density at radius 3 is 2.79 bits per heavy atom. The molecule has 1 saturated carbocycles. The first kappa shape index (κ1) is 13.2. The van der Waals surface area contributed by atoms with E-state index >= 15 is 0 Å². The van der Waals surface area contributed by atoms with Crippen molar-refractivity contribution in [1.29, 1.82) is 0 Å². The van der Waals surface area contributed by atoms with Crippen LogP contribution in [0.2, 0.25) is 0 Å². The molecule has 0 spiro atoms. The molecule has 1 heterocycles. The molecule has 1 atom stereocenters. The average Bonchev–Trinajstić information content (AvgIpc) is 3.15. The van der Waals surface area contributed by atoms with Gasteiger partial charge in [0.2, 0.25) is 0 Å². The van der Waals surface area contributed by atoms with Crippen molar-refractivity contribution in [3.8, 4) is 5.75 Å². The number of hydrogen-bond acceptors (Lipinski definition) is 3. The smallest absolute Gasteiger partial charge is 0.120 e. The molecule has 1 N–H and O–H groups in total. The highest BCUT2D eigenvalue weighted by Crippen LogP contribution is 2.35. The van der Waals surface area contributed by atoms with Crippen LogP contribution >= 0.6 is 27.3 Å². The van der Waals surface area contributed by atoms with E-state index in [0.29, 0.717) is 6.10 Å². The number of halogens is 1. The lowest BCUT2D eigenvalue weighted by Gasteiger charge is -2.11. The van der Waals surface area contributed by atoms with E-state index in [0.717, 1.165) is 33.5 Å². The minimum absolute atomic E-state index is 0.380. The SMILES string of the molecule is Cc1sc(C(O)c2cccc(OC3CC3)c2)cc1Br. The number of rotatable bonds is 4. The van der Waals surface area contributed by atoms with Gasteiger partial charge >= 0.3 is 0 Å². The van der Waals surface area contributed by atoms with Gasteiger partial charge < -0.3 is 9.84 Å². The summed E-state index contributed by atoms with van der Waals surface area (Å²) in [5, 5.41) is 10.4. The second kappa shape index (κ2) is 5.27. The fourth-order valence-corrected chi connectivity index (χ4v) is 3.49. The molecule has 100 valence electrons. The summed E-state index contributed by atoms with van der Waals surface area (Å²) in [5.41, 5.74) is 0.881. The third-order valence-corrected chi connectivity index (χ3v) is 5.34. The monoisotopic (exact) mass is 338 g/mol. The molecule has 4 heteroatoms. The Labute approximate surface area is 125 Å².